The third-order valence-corrected chi connectivity index (χ3v) is 1.69. The Hall–Kier alpha value is -2.11. The van der Waals surface area contributed by atoms with Crippen molar-refractivity contribution in [3.05, 3.63) is 23.9 Å². The van der Waals surface area contributed by atoms with Gasteiger partial charge < -0.3 is 9.47 Å². The fraction of sp³-hybridized carbons (Fsp3) is 0.300. The lowest BCUT2D eigenvalue weighted by atomic mass is 10.3. The number of nitrogens with zero attached hydrogens (tertiary/aromatic N) is 1. The lowest BCUT2D eigenvalue weighted by molar-refractivity contribution is 0.0600. The Morgan fingerprint density at radius 1 is 1.44 bits per heavy atom. The van der Waals surface area contributed by atoms with Crippen molar-refractivity contribution in [1.29, 1.82) is 0 Å². The van der Waals surface area contributed by atoms with Gasteiger partial charge in [0.25, 0.3) is 0 Å². The molecule has 16 heavy (non-hydrogen) atoms. The Kier molecular flexibility index (Phi) is 4.26. The smallest absolute Gasteiger partial charge is 0.412 e. The Morgan fingerprint density at radius 3 is 2.69 bits per heavy atom. The molecule has 86 valence electrons. The molecule has 0 bridgehead atoms. The number of anilines is 1. The Morgan fingerprint density at radius 2 is 2.19 bits per heavy atom. The lowest BCUT2D eigenvalue weighted by Crippen LogP contribution is -2.14. The van der Waals surface area contributed by atoms with Gasteiger partial charge in [-0.15, -0.1) is 0 Å². The first-order valence-electron chi connectivity index (χ1n) is 4.65. The van der Waals surface area contributed by atoms with Gasteiger partial charge in [0.1, 0.15) is 5.82 Å². The van der Waals surface area contributed by atoms with Crippen molar-refractivity contribution in [3.8, 4) is 0 Å². The summed E-state index contributed by atoms with van der Waals surface area (Å²) in [5, 5.41) is 2.40. The van der Waals surface area contributed by atoms with Crippen LogP contribution >= 0.6 is 0 Å². The summed E-state index contributed by atoms with van der Waals surface area (Å²) in [6.07, 6.45) is 0.730. The third kappa shape index (κ3) is 3.23. The van der Waals surface area contributed by atoms with Crippen LogP contribution in [0.4, 0.5) is 10.6 Å². The highest BCUT2D eigenvalue weighted by atomic mass is 16.5. The highest BCUT2D eigenvalue weighted by molar-refractivity contribution is 5.89. The van der Waals surface area contributed by atoms with Gasteiger partial charge in [-0.05, 0) is 19.1 Å². The monoisotopic (exact) mass is 224 g/mol. The minimum absolute atomic E-state index is 0.284. The van der Waals surface area contributed by atoms with Crippen molar-refractivity contribution in [1.82, 2.24) is 4.98 Å². The van der Waals surface area contributed by atoms with Gasteiger partial charge in [-0.25, -0.2) is 14.6 Å². The third-order valence-electron chi connectivity index (χ3n) is 1.69. The van der Waals surface area contributed by atoms with Crippen LogP contribution in [-0.2, 0) is 9.47 Å². The fourth-order valence-electron chi connectivity index (χ4n) is 0.978. The zero-order valence-corrected chi connectivity index (χ0v) is 9.02. The Balaban J connectivity index is 2.64. The van der Waals surface area contributed by atoms with Crippen molar-refractivity contribution in [3.63, 3.8) is 0 Å². The molecule has 1 aromatic heterocycles. The number of aromatic nitrogens is 1. The Bertz CT molecular complexity index is 375. The molecule has 0 radical (unpaired) electrons. The molecule has 0 aromatic carbocycles. The topological polar surface area (TPSA) is 77.5 Å². The van der Waals surface area contributed by atoms with Gasteiger partial charge in [-0.1, -0.05) is 0 Å². The number of amides is 1. The number of esters is 1. The number of hydrogen-bond donors (Lipinski definition) is 1. The maximum Gasteiger partial charge on any atom is 0.412 e. The van der Waals surface area contributed by atoms with Crippen LogP contribution in [0.3, 0.4) is 0 Å². The standard InChI is InChI=1S/C10H12N2O4/c1-3-16-10(14)12-8-5-4-7(6-11-8)9(13)15-2/h4-6H,3H2,1-2H3,(H,11,12,14). The minimum atomic E-state index is -0.583. The molecule has 1 aromatic rings. The van der Waals surface area contributed by atoms with E-state index in [0.717, 1.165) is 0 Å². The largest absolute Gasteiger partial charge is 0.465 e. The van der Waals surface area contributed by atoms with E-state index in [0.29, 0.717) is 11.4 Å². The first-order valence-corrected chi connectivity index (χ1v) is 4.65. The molecule has 0 aliphatic rings. The highest BCUT2D eigenvalue weighted by Crippen LogP contribution is 2.06. The van der Waals surface area contributed by atoms with Gasteiger partial charge in [-0.2, -0.15) is 0 Å². The molecule has 6 heteroatoms. The summed E-state index contributed by atoms with van der Waals surface area (Å²) in [4.78, 5) is 26.0. The number of ether oxygens (including phenoxy) is 2. The second-order valence-corrected chi connectivity index (χ2v) is 2.77. The van der Waals surface area contributed by atoms with E-state index in [1.54, 1.807) is 6.92 Å². The number of carbonyl (C=O) groups excluding carboxylic acids is 2. The maximum absolute atomic E-state index is 11.1. The summed E-state index contributed by atoms with van der Waals surface area (Å²) in [6.45, 7) is 1.99. The molecular formula is C10H12N2O4. The molecule has 0 saturated heterocycles. The van der Waals surface area contributed by atoms with E-state index in [9.17, 15) is 9.59 Å². The van der Waals surface area contributed by atoms with E-state index in [1.165, 1.54) is 25.4 Å². The van der Waals surface area contributed by atoms with Crippen LogP contribution in [0.15, 0.2) is 18.3 Å². The van der Waals surface area contributed by atoms with Gasteiger partial charge in [0, 0.05) is 6.20 Å². The van der Waals surface area contributed by atoms with E-state index in [2.05, 4.69) is 19.8 Å². The summed E-state index contributed by atoms with van der Waals surface area (Å²) < 4.78 is 9.17. The second-order valence-electron chi connectivity index (χ2n) is 2.77. The molecule has 0 spiro atoms. The molecule has 0 fully saturated rings. The number of methoxy groups -OCH3 is 1. The molecule has 6 nitrogen and oxygen atoms in total. The summed E-state index contributed by atoms with van der Waals surface area (Å²) in [6, 6.07) is 2.99. The van der Waals surface area contributed by atoms with E-state index in [4.69, 9.17) is 0 Å². The van der Waals surface area contributed by atoms with Gasteiger partial charge in [-0.3, -0.25) is 5.32 Å². The van der Waals surface area contributed by atoms with Gasteiger partial charge in [0.15, 0.2) is 0 Å². The van der Waals surface area contributed by atoms with Crippen molar-refractivity contribution < 1.29 is 19.1 Å². The molecule has 1 amide bonds. The summed E-state index contributed by atoms with van der Waals surface area (Å²) >= 11 is 0. The normalized spacial score (nSPS) is 9.38. The van der Waals surface area contributed by atoms with E-state index >= 15 is 0 Å². The van der Waals surface area contributed by atoms with Crippen LogP contribution in [0.25, 0.3) is 0 Å². The quantitative estimate of drug-likeness (QED) is 0.786. The first kappa shape index (κ1) is 12.0. The molecule has 1 rings (SSSR count). The molecule has 1 N–H and O–H groups in total. The summed E-state index contributed by atoms with van der Waals surface area (Å²) in [7, 11) is 1.28. The Labute approximate surface area is 92.6 Å². The molecule has 0 atom stereocenters. The summed E-state index contributed by atoms with van der Waals surface area (Å²) in [5.41, 5.74) is 0.317. The van der Waals surface area contributed by atoms with Crippen LogP contribution < -0.4 is 5.32 Å². The SMILES string of the molecule is CCOC(=O)Nc1ccc(C(=O)OC)cn1. The van der Waals surface area contributed by atoms with Crippen LogP contribution in [0.5, 0.6) is 0 Å². The molecule has 1 heterocycles. The van der Waals surface area contributed by atoms with E-state index in [-0.39, 0.29) is 6.61 Å². The molecular weight excluding hydrogens is 212 g/mol. The van der Waals surface area contributed by atoms with Crippen LogP contribution in [-0.4, -0.2) is 30.8 Å². The zero-order chi connectivity index (χ0) is 12.0. The number of nitrogens with one attached hydrogen (secondary N) is 1. The van der Waals surface area contributed by atoms with Gasteiger partial charge in [0.2, 0.25) is 0 Å². The number of pyridine rings is 1. The average Bonchev–Trinajstić information content (AvgIpc) is 2.29. The van der Waals surface area contributed by atoms with Crippen LogP contribution in [0, 0.1) is 0 Å². The van der Waals surface area contributed by atoms with E-state index in [1.807, 2.05) is 0 Å². The van der Waals surface area contributed by atoms with Gasteiger partial charge in [0.05, 0.1) is 19.3 Å². The molecule has 0 saturated carbocycles. The molecule has 0 aliphatic heterocycles. The number of carbonyl (C=O) groups is 2. The van der Waals surface area contributed by atoms with Crippen molar-refractivity contribution in [2.45, 2.75) is 6.92 Å². The van der Waals surface area contributed by atoms with Gasteiger partial charge >= 0.3 is 12.1 Å². The van der Waals surface area contributed by atoms with Crippen LogP contribution in [0.1, 0.15) is 17.3 Å². The molecule has 0 unspecified atom stereocenters. The van der Waals surface area contributed by atoms with E-state index < -0.39 is 12.1 Å². The highest BCUT2D eigenvalue weighted by Gasteiger charge is 2.07. The first-order chi connectivity index (χ1) is 7.67. The second kappa shape index (κ2) is 5.69. The lowest BCUT2D eigenvalue weighted by Gasteiger charge is -2.04. The zero-order valence-electron chi connectivity index (χ0n) is 9.02. The number of rotatable bonds is 3. The van der Waals surface area contributed by atoms with Crippen molar-refractivity contribution in [2.24, 2.45) is 0 Å². The number of hydrogen-bond acceptors (Lipinski definition) is 5. The molecule has 0 aliphatic carbocycles. The van der Waals surface area contributed by atoms with Crippen molar-refractivity contribution in [2.75, 3.05) is 19.0 Å². The predicted molar refractivity (Wildman–Crippen MR) is 56.2 cm³/mol. The minimum Gasteiger partial charge on any atom is -0.465 e. The average molecular weight is 224 g/mol. The summed E-state index contributed by atoms with van der Waals surface area (Å²) in [5.74, 6) is -0.165. The fourth-order valence-corrected chi connectivity index (χ4v) is 0.978. The van der Waals surface area contributed by atoms with Crippen molar-refractivity contribution >= 4 is 17.9 Å². The maximum atomic E-state index is 11.1. The predicted octanol–water partition coefficient (Wildman–Crippen LogP) is 1.44. The van der Waals surface area contributed by atoms with Crippen LogP contribution in [0.2, 0.25) is 0 Å².